The van der Waals surface area contributed by atoms with Crippen molar-refractivity contribution in [2.75, 3.05) is 6.61 Å². The highest BCUT2D eigenvalue weighted by Crippen LogP contribution is 2.22. The number of carbonyl (C=O) groups is 2. The molecule has 1 heterocycles. The van der Waals surface area contributed by atoms with Crippen molar-refractivity contribution in [1.82, 2.24) is 14.9 Å². The standard InChI is InChI=1S/C23H27N3O3/c1-5-29-22(28)18-7-6-8-19-21(18)26(15-25-19)14-20(27)24-13-16-9-11-17(12-10-16)23(2,3)4/h6-12,15H,5,13-14H2,1-4H3,(H,24,27). The number of rotatable bonds is 6. The fourth-order valence-electron chi connectivity index (χ4n) is 3.15. The summed E-state index contributed by atoms with van der Waals surface area (Å²) >= 11 is 0. The van der Waals surface area contributed by atoms with E-state index in [0.29, 0.717) is 23.1 Å². The van der Waals surface area contributed by atoms with Gasteiger partial charge in [-0.25, -0.2) is 9.78 Å². The molecule has 0 saturated heterocycles. The number of hydrogen-bond acceptors (Lipinski definition) is 4. The molecule has 29 heavy (non-hydrogen) atoms. The van der Waals surface area contributed by atoms with Crippen molar-refractivity contribution < 1.29 is 14.3 Å². The smallest absolute Gasteiger partial charge is 0.340 e. The first-order valence-electron chi connectivity index (χ1n) is 9.76. The van der Waals surface area contributed by atoms with Crippen LogP contribution in [0, 0.1) is 0 Å². The largest absolute Gasteiger partial charge is 0.462 e. The molecule has 0 saturated carbocycles. The molecule has 152 valence electrons. The van der Waals surface area contributed by atoms with Crippen LogP contribution < -0.4 is 5.32 Å². The quantitative estimate of drug-likeness (QED) is 0.646. The van der Waals surface area contributed by atoms with E-state index in [-0.39, 0.29) is 24.5 Å². The summed E-state index contributed by atoms with van der Waals surface area (Å²) in [4.78, 5) is 29.0. The van der Waals surface area contributed by atoms with Gasteiger partial charge in [-0.15, -0.1) is 0 Å². The molecule has 2 aromatic carbocycles. The number of aromatic nitrogens is 2. The fraction of sp³-hybridized carbons (Fsp3) is 0.348. The van der Waals surface area contributed by atoms with E-state index in [2.05, 4.69) is 43.2 Å². The summed E-state index contributed by atoms with van der Waals surface area (Å²) < 4.78 is 6.80. The SMILES string of the molecule is CCOC(=O)c1cccc2ncn(CC(=O)NCc3ccc(C(C)(C)C)cc3)c12. The minimum atomic E-state index is -0.417. The maximum absolute atomic E-state index is 12.5. The minimum absolute atomic E-state index is 0.0764. The first-order valence-corrected chi connectivity index (χ1v) is 9.76. The van der Waals surface area contributed by atoms with Crippen LogP contribution in [0.3, 0.4) is 0 Å². The number of benzene rings is 2. The van der Waals surface area contributed by atoms with Crippen molar-refractivity contribution in [3.05, 3.63) is 65.5 Å². The topological polar surface area (TPSA) is 73.2 Å². The molecule has 0 spiro atoms. The van der Waals surface area contributed by atoms with E-state index in [1.165, 1.54) is 5.56 Å². The van der Waals surface area contributed by atoms with Gasteiger partial charge in [-0.1, -0.05) is 51.1 Å². The van der Waals surface area contributed by atoms with Gasteiger partial charge >= 0.3 is 5.97 Å². The molecule has 0 aliphatic carbocycles. The van der Waals surface area contributed by atoms with Crippen molar-refractivity contribution >= 4 is 22.9 Å². The first-order chi connectivity index (χ1) is 13.8. The second-order valence-electron chi connectivity index (χ2n) is 7.99. The molecule has 1 aromatic heterocycles. The van der Waals surface area contributed by atoms with Crippen LogP contribution in [0.5, 0.6) is 0 Å². The molecule has 0 atom stereocenters. The molecule has 6 nitrogen and oxygen atoms in total. The van der Waals surface area contributed by atoms with Crippen LogP contribution in [0.25, 0.3) is 11.0 Å². The van der Waals surface area contributed by atoms with Gasteiger partial charge in [0.05, 0.1) is 29.5 Å². The molecule has 0 aliphatic rings. The number of nitrogens with one attached hydrogen (secondary N) is 1. The van der Waals surface area contributed by atoms with Gasteiger partial charge in [-0.3, -0.25) is 4.79 Å². The van der Waals surface area contributed by atoms with Gasteiger partial charge in [0.15, 0.2) is 0 Å². The van der Waals surface area contributed by atoms with E-state index in [4.69, 9.17) is 4.74 Å². The van der Waals surface area contributed by atoms with Crippen LogP contribution >= 0.6 is 0 Å². The number of nitrogens with zero attached hydrogens (tertiary/aromatic N) is 2. The molecule has 0 aliphatic heterocycles. The molecule has 0 radical (unpaired) electrons. The third-order valence-electron chi connectivity index (χ3n) is 4.76. The maximum Gasteiger partial charge on any atom is 0.340 e. The van der Waals surface area contributed by atoms with E-state index in [1.54, 1.807) is 30.0 Å². The number of fused-ring (bicyclic) bond motifs is 1. The van der Waals surface area contributed by atoms with E-state index in [1.807, 2.05) is 18.2 Å². The van der Waals surface area contributed by atoms with Crippen LogP contribution in [-0.4, -0.2) is 28.0 Å². The number of imidazole rings is 1. The summed E-state index contributed by atoms with van der Waals surface area (Å²) in [6, 6.07) is 13.5. The van der Waals surface area contributed by atoms with Crippen LogP contribution in [0.1, 0.15) is 49.2 Å². The predicted molar refractivity (Wildman–Crippen MR) is 113 cm³/mol. The summed E-state index contributed by atoms with van der Waals surface area (Å²) in [6.45, 7) is 9.08. The van der Waals surface area contributed by atoms with Gasteiger partial charge < -0.3 is 14.6 Å². The predicted octanol–water partition coefficient (Wildman–Crippen LogP) is 3.83. The molecule has 6 heteroatoms. The third kappa shape index (κ3) is 4.83. The van der Waals surface area contributed by atoms with Crippen LogP contribution in [0.4, 0.5) is 0 Å². The summed E-state index contributed by atoms with van der Waals surface area (Å²) in [5.41, 5.74) is 4.06. The molecule has 3 rings (SSSR count). The van der Waals surface area contributed by atoms with Crippen molar-refractivity contribution in [2.45, 2.75) is 46.2 Å². The molecule has 1 amide bonds. The Balaban J connectivity index is 1.69. The molecule has 0 bridgehead atoms. The second kappa shape index (κ2) is 8.47. The summed E-state index contributed by atoms with van der Waals surface area (Å²) in [6.07, 6.45) is 1.57. The van der Waals surface area contributed by atoms with E-state index < -0.39 is 5.97 Å². The van der Waals surface area contributed by atoms with Gasteiger partial charge in [0.2, 0.25) is 5.91 Å². The number of ether oxygens (including phenoxy) is 1. The Bertz CT molecular complexity index is 1010. The van der Waals surface area contributed by atoms with E-state index in [0.717, 1.165) is 5.56 Å². The van der Waals surface area contributed by atoms with Gasteiger partial charge in [-0.2, -0.15) is 0 Å². The van der Waals surface area contributed by atoms with Crippen molar-refractivity contribution in [1.29, 1.82) is 0 Å². The number of amides is 1. The maximum atomic E-state index is 12.5. The summed E-state index contributed by atoms with van der Waals surface area (Å²) in [5.74, 6) is -0.568. The normalized spacial score (nSPS) is 11.4. The number of esters is 1. The Kier molecular flexibility index (Phi) is 6.01. The third-order valence-corrected chi connectivity index (χ3v) is 4.76. The Morgan fingerprint density at radius 3 is 2.48 bits per heavy atom. The highest BCUT2D eigenvalue weighted by molar-refractivity contribution is 6.02. The average Bonchev–Trinajstić information content (AvgIpc) is 3.09. The second-order valence-corrected chi connectivity index (χ2v) is 7.99. The highest BCUT2D eigenvalue weighted by atomic mass is 16.5. The summed E-state index contributed by atoms with van der Waals surface area (Å²) in [7, 11) is 0. The Labute approximate surface area is 170 Å². The van der Waals surface area contributed by atoms with Crippen molar-refractivity contribution in [2.24, 2.45) is 0 Å². The number of hydrogen-bond donors (Lipinski definition) is 1. The summed E-state index contributed by atoms with van der Waals surface area (Å²) in [5, 5.41) is 2.93. The Hall–Kier alpha value is -3.15. The van der Waals surface area contributed by atoms with Crippen molar-refractivity contribution in [3.63, 3.8) is 0 Å². The van der Waals surface area contributed by atoms with E-state index in [9.17, 15) is 9.59 Å². The molecule has 0 fully saturated rings. The van der Waals surface area contributed by atoms with Gasteiger partial charge in [0, 0.05) is 6.54 Å². The van der Waals surface area contributed by atoms with Gasteiger partial charge in [0.25, 0.3) is 0 Å². The van der Waals surface area contributed by atoms with Gasteiger partial charge in [-0.05, 0) is 35.6 Å². The molecule has 0 unspecified atom stereocenters. The van der Waals surface area contributed by atoms with Crippen LogP contribution in [0.2, 0.25) is 0 Å². The Morgan fingerprint density at radius 1 is 1.10 bits per heavy atom. The van der Waals surface area contributed by atoms with Crippen molar-refractivity contribution in [3.8, 4) is 0 Å². The zero-order valence-electron chi connectivity index (χ0n) is 17.4. The zero-order valence-corrected chi connectivity index (χ0v) is 17.4. The van der Waals surface area contributed by atoms with E-state index >= 15 is 0 Å². The van der Waals surface area contributed by atoms with Crippen LogP contribution in [0.15, 0.2) is 48.8 Å². The van der Waals surface area contributed by atoms with Gasteiger partial charge in [0.1, 0.15) is 6.54 Å². The lowest BCUT2D eigenvalue weighted by molar-refractivity contribution is -0.121. The average molecular weight is 393 g/mol. The molecular weight excluding hydrogens is 366 g/mol. The first kappa shape index (κ1) is 20.6. The fourth-order valence-corrected chi connectivity index (χ4v) is 3.15. The lowest BCUT2D eigenvalue weighted by Gasteiger charge is -2.19. The zero-order chi connectivity index (χ0) is 21.0. The molecule has 3 aromatic rings. The lowest BCUT2D eigenvalue weighted by Crippen LogP contribution is -2.27. The highest BCUT2D eigenvalue weighted by Gasteiger charge is 2.17. The number of para-hydroxylation sites is 1. The lowest BCUT2D eigenvalue weighted by atomic mass is 9.87. The van der Waals surface area contributed by atoms with Crippen LogP contribution in [-0.2, 0) is 28.0 Å². The minimum Gasteiger partial charge on any atom is -0.462 e. The molecular formula is C23H27N3O3. The molecule has 1 N–H and O–H groups in total. The monoisotopic (exact) mass is 393 g/mol. The number of carbonyl (C=O) groups excluding carboxylic acids is 2. The Morgan fingerprint density at radius 2 is 1.83 bits per heavy atom.